The normalized spacial score (nSPS) is 13.8. The summed E-state index contributed by atoms with van der Waals surface area (Å²) >= 11 is 0. The van der Waals surface area contributed by atoms with E-state index in [9.17, 15) is 9.90 Å². The van der Waals surface area contributed by atoms with Crippen LogP contribution in [0.3, 0.4) is 0 Å². The molecule has 2 heterocycles. The predicted molar refractivity (Wildman–Crippen MR) is 144 cm³/mol. The van der Waals surface area contributed by atoms with Crippen LogP contribution in [0.25, 0.3) is 33.6 Å². The van der Waals surface area contributed by atoms with E-state index in [1.807, 2.05) is 85.8 Å². The van der Waals surface area contributed by atoms with Gasteiger partial charge < -0.3 is 14.9 Å². The monoisotopic (exact) mass is 487 g/mol. The van der Waals surface area contributed by atoms with Gasteiger partial charge >= 0.3 is 5.97 Å². The Morgan fingerprint density at radius 1 is 0.865 bits per heavy atom. The fourth-order valence-electron chi connectivity index (χ4n) is 4.79. The van der Waals surface area contributed by atoms with Gasteiger partial charge in [-0.2, -0.15) is 0 Å². The van der Waals surface area contributed by atoms with Crippen LogP contribution in [0.5, 0.6) is 0 Å². The number of nitrogens with zero attached hydrogens (tertiary/aromatic N) is 2. The number of carboxylic acid groups (broad SMARTS) is 1. The molecule has 6 heteroatoms. The van der Waals surface area contributed by atoms with Crippen molar-refractivity contribution >= 4 is 17.5 Å². The molecule has 1 saturated carbocycles. The van der Waals surface area contributed by atoms with E-state index in [-0.39, 0.29) is 0 Å². The van der Waals surface area contributed by atoms with Crippen LogP contribution in [0.1, 0.15) is 24.1 Å². The highest BCUT2D eigenvalue weighted by atomic mass is 16.5. The molecule has 1 aliphatic rings. The van der Waals surface area contributed by atoms with E-state index in [1.165, 1.54) is 0 Å². The number of hydrogen-bond donors (Lipinski definition) is 2. The highest BCUT2D eigenvalue weighted by Crippen LogP contribution is 2.49. The number of rotatable bonds is 7. The first-order valence-corrected chi connectivity index (χ1v) is 12.2. The first-order chi connectivity index (χ1) is 18.0. The molecule has 0 bridgehead atoms. The third-order valence-corrected chi connectivity index (χ3v) is 7.06. The Hall–Kier alpha value is -4.71. The molecule has 2 N–H and O–H groups in total. The maximum absolute atomic E-state index is 11.7. The summed E-state index contributed by atoms with van der Waals surface area (Å²) < 4.78 is 5.83. The van der Waals surface area contributed by atoms with Gasteiger partial charge in [-0.05, 0) is 59.7 Å². The molecule has 6 rings (SSSR count). The highest BCUT2D eigenvalue weighted by Gasteiger charge is 2.51. The summed E-state index contributed by atoms with van der Waals surface area (Å²) in [7, 11) is 0. The van der Waals surface area contributed by atoms with Gasteiger partial charge in [-0.3, -0.25) is 4.79 Å². The maximum atomic E-state index is 11.7. The van der Waals surface area contributed by atoms with Gasteiger partial charge in [0.25, 0.3) is 0 Å². The number of carbonyl (C=O) groups is 1. The third kappa shape index (κ3) is 4.16. The first kappa shape index (κ1) is 22.7. The average Bonchev–Trinajstić information content (AvgIpc) is 3.69. The summed E-state index contributed by atoms with van der Waals surface area (Å²) in [4.78, 5) is 16.3. The van der Waals surface area contributed by atoms with Gasteiger partial charge in [0.2, 0.25) is 0 Å². The predicted octanol–water partition coefficient (Wildman–Crippen LogP) is 7.24. The van der Waals surface area contributed by atoms with Crippen molar-refractivity contribution in [1.82, 2.24) is 10.1 Å². The zero-order valence-corrected chi connectivity index (χ0v) is 20.3. The van der Waals surface area contributed by atoms with Gasteiger partial charge in [-0.25, -0.2) is 4.98 Å². The molecule has 0 atom stereocenters. The van der Waals surface area contributed by atoms with E-state index in [0.717, 1.165) is 44.8 Å². The number of anilines is 2. The van der Waals surface area contributed by atoms with Crippen molar-refractivity contribution in [3.05, 3.63) is 108 Å². The van der Waals surface area contributed by atoms with Crippen molar-refractivity contribution in [2.24, 2.45) is 0 Å². The summed E-state index contributed by atoms with van der Waals surface area (Å²) in [6.07, 6.45) is 3.15. The van der Waals surface area contributed by atoms with Crippen molar-refractivity contribution in [2.45, 2.75) is 25.2 Å². The Morgan fingerprint density at radius 3 is 2.27 bits per heavy atom. The molecule has 0 saturated heterocycles. The second-order valence-corrected chi connectivity index (χ2v) is 9.40. The lowest BCUT2D eigenvalue weighted by Crippen LogP contribution is -2.19. The minimum atomic E-state index is -0.751. The number of aryl methyl sites for hydroxylation is 1. The number of aromatic nitrogens is 2. The van der Waals surface area contributed by atoms with Gasteiger partial charge in [0.1, 0.15) is 17.2 Å². The molecule has 6 nitrogen and oxygen atoms in total. The maximum Gasteiger partial charge on any atom is 0.314 e. The lowest BCUT2D eigenvalue weighted by atomic mass is 9.92. The molecule has 37 heavy (non-hydrogen) atoms. The van der Waals surface area contributed by atoms with Gasteiger partial charge in [0, 0.05) is 11.8 Å². The minimum absolute atomic E-state index is 0.619. The first-order valence-electron chi connectivity index (χ1n) is 12.2. The fraction of sp³-hybridized carbons (Fsp3) is 0.129. The quantitative estimate of drug-likeness (QED) is 0.252. The van der Waals surface area contributed by atoms with Crippen LogP contribution in [0.4, 0.5) is 11.5 Å². The van der Waals surface area contributed by atoms with Crippen molar-refractivity contribution in [3.63, 3.8) is 0 Å². The standard InChI is InChI=1S/C31H25N3O3/c1-20-28(33-27-19-23(15-18-32-27)21-7-3-2-4-8-21)29(37-34-20)26-10-6-5-9-25(26)22-11-13-24(14-12-22)31(16-17-31)30(35)36/h2-15,18-19H,16-17H2,1H3,(H,32,33)(H,35,36). The van der Waals surface area contributed by atoms with Crippen molar-refractivity contribution in [3.8, 4) is 33.6 Å². The van der Waals surface area contributed by atoms with E-state index in [0.29, 0.717) is 24.4 Å². The lowest BCUT2D eigenvalue weighted by molar-refractivity contribution is -0.140. The summed E-state index contributed by atoms with van der Waals surface area (Å²) in [5.41, 5.74) is 6.61. The molecule has 0 unspecified atom stereocenters. The van der Waals surface area contributed by atoms with Crippen LogP contribution in [0.15, 0.2) is 102 Å². The zero-order chi connectivity index (χ0) is 25.4. The number of carboxylic acids is 1. The molecule has 2 aromatic heterocycles. The number of benzene rings is 3. The van der Waals surface area contributed by atoms with Crippen molar-refractivity contribution in [1.29, 1.82) is 0 Å². The van der Waals surface area contributed by atoms with E-state index >= 15 is 0 Å². The molecule has 0 amide bonds. The van der Waals surface area contributed by atoms with Crippen molar-refractivity contribution < 1.29 is 14.4 Å². The second-order valence-electron chi connectivity index (χ2n) is 9.40. The molecule has 182 valence electrons. The number of pyridine rings is 1. The summed E-state index contributed by atoms with van der Waals surface area (Å²) in [6.45, 7) is 1.90. The third-order valence-electron chi connectivity index (χ3n) is 7.06. The molecule has 5 aromatic rings. The Bertz CT molecular complexity index is 1590. The fourth-order valence-corrected chi connectivity index (χ4v) is 4.79. The van der Waals surface area contributed by atoms with Gasteiger partial charge in [0.15, 0.2) is 5.76 Å². The zero-order valence-electron chi connectivity index (χ0n) is 20.3. The highest BCUT2D eigenvalue weighted by molar-refractivity contribution is 5.89. The Kier molecular flexibility index (Phi) is 5.57. The Labute approximate surface area is 214 Å². The smallest absolute Gasteiger partial charge is 0.314 e. The second kappa shape index (κ2) is 9.06. The Balaban J connectivity index is 1.35. The topological polar surface area (TPSA) is 88.2 Å². The van der Waals surface area contributed by atoms with Gasteiger partial charge in [-0.1, -0.05) is 84.0 Å². The number of hydrogen-bond acceptors (Lipinski definition) is 5. The van der Waals surface area contributed by atoms with Crippen LogP contribution in [0.2, 0.25) is 0 Å². The molecular weight excluding hydrogens is 462 g/mol. The lowest BCUT2D eigenvalue weighted by Gasteiger charge is -2.13. The molecule has 1 fully saturated rings. The minimum Gasteiger partial charge on any atom is -0.481 e. The van der Waals surface area contributed by atoms with E-state index < -0.39 is 11.4 Å². The van der Waals surface area contributed by atoms with Crippen molar-refractivity contribution in [2.75, 3.05) is 5.32 Å². The summed E-state index contributed by atoms with van der Waals surface area (Å²) in [5, 5.41) is 17.3. The summed E-state index contributed by atoms with van der Waals surface area (Å²) in [5.74, 6) is 0.561. The number of aliphatic carboxylic acids is 1. The largest absolute Gasteiger partial charge is 0.481 e. The van der Waals surface area contributed by atoms with Crippen LogP contribution in [-0.4, -0.2) is 21.2 Å². The SMILES string of the molecule is Cc1noc(-c2ccccc2-c2ccc(C3(C(=O)O)CC3)cc2)c1Nc1cc(-c2ccccc2)ccn1. The Morgan fingerprint density at radius 2 is 1.57 bits per heavy atom. The molecule has 0 spiro atoms. The summed E-state index contributed by atoms with van der Waals surface area (Å²) in [6, 6.07) is 30.0. The molecular formula is C31H25N3O3. The number of nitrogens with one attached hydrogen (secondary N) is 1. The van der Waals surface area contributed by atoms with Crippen LogP contribution in [0, 0.1) is 6.92 Å². The van der Waals surface area contributed by atoms with Crippen LogP contribution >= 0.6 is 0 Å². The van der Waals surface area contributed by atoms with E-state index in [4.69, 9.17) is 4.52 Å². The van der Waals surface area contributed by atoms with Crippen LogP contribution < -0.4 is 5.32 Å². The van der Waals surface area contributed by atoms with E-state index in [2.05, 4.69) is 27.6 Å². The van der Waals surface area contributed by atoms with Crippen LogP contribution in [-0.2, 0) is 10.2 Å². The molecule has 1 aliphatic carbocycles. The van der Waals surface area contributed by atoms with Gasteiger partial charge in [0.05, 0.1) is 5.41 Å². The molecule has 0 radical (unpaired) electrons. The molecule has 0 aliphatic heterocycles. The average molecular weight is 488 g/mol. The van der Waals surface area contributed by atoms with Gasteiger partial charge in [-0.15, -0.1) is 0 Å². The van der Waals surface area contributed by atoms with E-state index in [1.54, 1.807) is 6.20 Å². The molecule has 3 aromatic carbocycles.